The molecule has 3 aromatic rings. The number of benzene rings is 2. The van der Waals surface area contributed by atoms with Gasteiger partial charge in [-0.1, -0.05) is 0 Å². The van der Waals surface area contributed by atoms with Crippen molar-refractivity contribution in [2.45, 2.75) is 6.92 Å². The summed E-state index contributed by atoms with van der Waals surface area (Å²) in [6.45, 7) is 1.73. The van der Waals surface area contributed by atoms with Crippen molar-refractivity contribution in [3.8, 4) is 17.6 Å². The van der Waals surface area contributed by atoms with Crippen LogP contribution in [0, 0.1) is 18.3 Å². The zero-order chi connectivity index (χ0) is 18.5. The van der Waals surface area contributed by atoms with Crippen molar-refractivity contribution >= 4 is 22.5 Å². The molecule has 0 saturated carbocycles. The largest absolute Gasteiger partial charge is 0.497 e. The molecule has 1 heterocycles. The highest BCUT2D eigenvalue weighted by Crippen LogP contribution is 2.29. The number of pyridine rings is 1. The van der Waals surface area contributed by atoms with E-state index >= 15 is 0 Å². The lowest BCUT2D eigenvalue weighted by atomic mass is 10.1. The Morgan fingerprint density at radius 1 is 1.19 bits per heavy atom. The Morgan fingerprint density at radius 2 is 1.96 bits per heavy atom. The van der Waals surface area contributed by atoms with Crippen LogP contribution in [-0.4, -0.2) is 24.6 Å². The lowest BCUT2D eigenvalue weighted by Crippen LogP contribution is -2.20. The Labute approximate surface area is 151 Å². The number of nitrogens with zero attached hydrogens (tertiary/aromatic N) is 2. The van der Waals surface area contributed by atoms with Crippen molar-refractivity contribution in [2.24, 2.45) is 0 Å². The summed E-state index contributed by atoms with van der Waals surface area (Å²) < 4.78 is 11.0. The molecule has 0 spiro atoms. The number of nitrogens with one attached hydrogen (secondary N) is 1. The highest BCUT2D eigenvalue weighted by Gasteiger charge is 2.10. The van der Waals surface area contributed by atoms with E-state index in [9.17, 15) is 4.79 Å². The van der Waals surface area contributed by atoms with Crippen molar-refractivity contribution < 1.29 is 14.3 Å². The third-order valence-corrected chi connectivity index (χ3v) is 3.76. The van der Waals surface area contributed by atoms with Gasteiger partial charge in [-0.15, -0.1) is 0 Å². The highest BCUT2D eigenvalue weighted by atomic mass is 16.5. The Balaban J connectivity index is 1.74. The van der Waals surface area contributed by atoms with Crippen molar-refractivity contribution in [1.29, 1.82) is 5.26 Å². The molecule has 6 heteroatoms. The molecule has 1 amide bonds. The van der Waals surface area contributed by atoms with Gasteiger partial charge in [0.1, 0.15) is 11.5 Å². The fraction of sp³-hybridized carbons (Fsp3) is 0.150. The van der Waals surface area contributed by atoms with Gasteiger partial charge in [0.25, 0.3) is 5.91 Å². The molecular formula is C20H17N3O3. The summed E-state index contributed by atoms with van der Waals surface area (Å²) in [6.07, 6.45) is 0. The first kappa shape index (κ1) is 17.2. The van der Waals surface area contributed by atoms with Gasteiger partial charge in [0, 0.05) is 22.8 Å². The lowest BCUT2D eigenvalue weighted by molar-refractivity contribution is -0.118. The fourth-order valence-corrected chi connectivity index (χ4v) is 2.51. The van der Waals surface area contributed by atoms with Crippen molar-refractivity contribution in [1.82, 2.24) is 4.98 Å². The van der Waals surface area contributed by atoms with Gasteiger partial charge in [-0.3, -0.25) is 9.78 Å². The van der Waals surface area contributed by atoms with Gasteiger partial charge in [0.2, 0.25) is 0 Å². The quantitative estimate of drug-likeness (QED) is 0.764. The molecule has 0 atom stereocenters. The van der Waals surface area contributed by atoms with Gasteiger partial charge < -0.3 is 14.8 Å². The minimum absolute atomic E-state index is 0.143. The second kappa shape index (κ2) is 7.53. The maximum Gasteiger partial charge on any atom is 0.262 e. The number of hydrogen-bond donors (Lipinski definition) is 1. The highest BCUT2D eigenvalue weighted by molar-refractivity contribution is 5.92. The Kier molecular flexibility index (Phi) is 4.99. The number of fused-ring (bicyclic) bond motifs is 1. The predicted octanol–water partition coefficient (Wildman–Crippen LogP) is 3.44. The first-order valence-corrected chi connectivity index (χ1v) is 7.97. The van der Waals surface area contributed by atoms with Gasteiger partial charge in [0.15, 0.2) is 6.61 Å². The number of rotatable bonds is 5. The van der Waals surface area contributed by atoms with Crippen LogP contribution in [0.15, 0.2) is 48.5 Å². The number of aromatic nitrogens is 1. The summed E-state index contributed by atoms with van der Waals surface area (Å²) in [4.78, 5) is 16.6. The molecule has 3 rings (SSSR count). The van der Waals surface area contributed by atoms with E-state index in [0.717, 1.165) is 16.6 Å². The van der Waals surface area contributed by atoms with Gasteiger partial charge in [0.05, 0.1) is 24.3 Å². The average Bonchev–Trinajstić information content (AvgIpc) is 2.66. The van der Waals surface area contributed by atoms with Gasteiger partial charge in [-0.2, -0.15) is 5.26 Å². The molecule has 6 nitrogen and oxygen atoms in total. The molecule has 130 valence electrons. The van der Waals surface area contributed by atoms with E-state index < -0.39 is 0 Å². The van der Waals surface area contributed by atoms with E-state index in [1.165, 1.54) is 0 Å². The van der Waals surface area contributed by atoms with Crippen LogP contribution in [0.1, 0.15) is 11.3 Å². The Bertz CT molecular complexity index is 992. The standard InChI is InChI=1S/C20H17N3O3/c1-13-9-19(17-10-16(25-2)7-8-18(17)22-13)26-12-20(24)23-15-5-3-14(11-21)4-6-15/h3-10H,12H2,1-2H3,(H,23,24). The second-order valence-corrected chi connectivity index (χ2v) is 5.67. The maximum absolute atomic E-state index is 12.1. The topological polar surface area (TPSA) is 84.2 Å². The summed E-state index contributed by atoms with van der Waals surface area (Å²) in [7, 11) is 1.59. The number of carbonyl (C=O) groups excluding carboxylic acids is 1. The van der Waals surface area contributed by atoms with Crippen molar-refractivity contribution in [3.63, 3.8) is 0 Å². The fourth-order valence-electron chi connectivity index (χ4n) is 2.51. The molecule has 0 radical (unpaired) electrons. The normalized spacial score (nSPS) is 10.2. The van der Waals surface area contributed by atoms with Crippen LogP contribution in [0.3, 0.4) is 0 Å². The van der Waals surface area contributed by atoms with Crippen molar-refractivity contribution in [3.05, 3.63) is 59.8 Å². The van der Waals surface area contributed by atoms with Crippen LogP contribution in [-0.2, 0) is 4.79 Å². The lowest BCUT2D eigenvalue weighted by Gasteiger charge is -2.11. The molecule has 1 aromatic heterocycles. The smallest absolute Gasteiger partial charge is 0.262 e. The number of hydrogen-bond acceptors (Lipinski definition) is 5. The number of amides is 1. The minimum atomic E-state index is -0.291. The van der Waals surface area contributed by atoms with E-state index in [-0.39, 0.29) is 12.5 Å². The molecule has 26 heavy (non-hydrogen) atoms. The number of ether oxygens (including phenoxy) is 2. The minimum Gasteiger partial charge on any atom is -0.497 e. The van der Waals surface area contributed by atoms with Crippen molar-refractivity contribution in [2.75, 3.05) is 19.0 Å². The summed E-state index contributed by atoms with van der Waals surface area (Å²) >= 11 is 0. The van der Waals surface area contributed by atoms with E-state index in [1.807, 2.05) is 31.2 Å². The summed E-state index contributed by atoms with van der Waals surface area (Å²) in [5.74, 6) is 0.969. The number of nitriles is 1. The van der Waals surface area contributed by atoms with E-state index in [0.29, 0.717) is 22.7 Å². The molecule has 0 aliphatic carbocycles. The van der Waals surface area contributed by atoms with Crippen LogP contribution in [0.4, 0.5) is 5.69 Å². The van der Waals surface area contributed by atoms with Crippen LogP contribution in [0.5, 0.6) is 11.5 Å². The molecule has 0 aliphatic heterocycles. The number of aryl methyl sites for hydroxylation is 1. The third kappa shape index (κ3) is 3.90. The molecule has 0 bridgehead atoms. The molecule has 0 fully saturated rings. The maximum atomic E-state index is 12.1. The van der Waals surface area contributed by atoms with E-state index in [2.05, 4.69) is 10.3 Å². The van der Waals surface area contributed by atoms with Gasteiger partial charge in [-0.25, -0.2) is 0 Å². The van der Waals surface area contributed by atoms with Crippen LogP contribution >= 0.6 is 0 Å². The number of carbonyl (C=O) groups is 1. The first-order chi connectivity index (χ1) is 12.6. The second-order valence-electron chi connectivity index (χ2n) is 5.67. The van der Waals surface area contributed by atoms with E-state index in [1.54, 1.807) is 37.4 Å². The monoisotopic (exact) mass is 347 g/mol. The summed E-state index contributed by atoms with van der Waals surface area (Å²) in [5.41, 5.74) is 2.71. The Morgan fingerprint density at radius 3 is 2.65 bits per heavy atom. The number of methoxy groups -OCH3 is 1. The molecule has 2 aromatic carbocycles. The molecule has 0 saturated heterocycles. The molecule has 1 N–H and O–H groups in total. The van der Waals surface area contributed by atoms with Crippen LogP contribution < -0.4 is 14.8 Å². The number of anilines is 1. The molecule has 0 aliphatic rings. The zero-order valence-corrected chi connectivity index (χ0v) is 14.4. The Hall–Kier alpha value is -3.59. The van der Waals surface area contributed by atoms with Crippen LogP contribution in [0.25, 0.3) is 10.9 Å². The van der Waals surface area contributed by atoms with Gasteiger partial charge >= 0.3 is 0 Å². The predicted molar refractivity (Wildman–Crippen MR) is 98.3 cm³/mol. The molecular weight excluding hydrogens is 330 g/mol. The SMILES string of the molecule is COc1ccc2nc(C)cc(OCC(=O)Nc3ccc(C#N)cc3)c2c1. The summed E-state index contributed by atoms with van der Waals surface area (Å²) in [5, 5.41) is 12.3. The van der Waals surface area contributed by atoms with E-state index in [4.69, 9.17) is 14.7 Å². The molecule has 0 unspecified atom stereocenters. The van der Waals surface area contributed by atoms with Crippen LogP contribution in [0.2, 0.25) is 0 Å². The summed E-state index contributed by atoms with van der Waals surface area (Å²) in [6, 6.07) is 16.0. The first-order valence-electron chi connectivity index (χ1n) is 7.97. The average molecular weight is 347 g/mol. The zero-order valence-electron chi connectivity index (χ0n) is 14.4. The third-order valence-electron chi connectivity index (χ3n) is 3.76. The van der Waals surface area contributed by atoms with Gasteiger partial charge in [-0.05, 0) is 49.4 Å².